The summed E-state index contributed by atoms with van der Waals surface area (Å²) in [7, 11) is -0.190. The molecule has 1 N–H and O–H groups in total. The number of nitrogens with one attached hydrogen (secondary N) is 1. The van der Waals surface area contributed by atoms with Gasteiger partial charge in [-0.1, -0.05) is 12.1 Å². The number of sulfonamides is 1. The molecule has 1 aromatic heterocycles. The van der Waals surface area contributed by atoms with E-state index in [1.807, 2.05) is 12.1 Å². The van der Waals surface area contributed by atoms with E-state index in [1.165, 1.54) is 16.0 Å². The van der Waals surface area contributed by atoms with Crippen LogP contribution in [0.3, 0.4) is 0 Å². The van der Waals surface area contributed by atoms with Crippen molar-refractivity contribution in [3.8, 4) is 0 Å². The van der Waals surface area contributed by atoms with Crippen molar-refractivity contribution in [3.63, 3.8) is 0 Å². The molecule has 0 unspecified atom stereocenters. The van der Waals surface area contributed by atoms with Crippen LogP contribution in [0.25, 0.3) is 0 Å². The van der Waals surface area contributed by atoms with Crippen molar-refractivity contribution < 1.29 is 8.42 Å². The largest absolute Gasteiger partial charge is 0.379 e. The lowest BCUT2D eigenvalue weighted by molar-refractivity contribution is 0.600. The molecule has 9 heteroatoms. The normalized spacial score (nSPS) is 11.3. The first-order valence-corrected chi connectivity index (χ1v) is 9.33. The summed E-state index contributed by atoms with van der Waals surface area (Å²) in [5.74, 6) is 0. The van der Waals surface area contributed by atoms with E-state index in [9.17, 15) is 13.2 Å². The van der Waals surface area contributed by atoms with E-state index in [0.717, 1.165) is 11.8 Å². The minimum atomic E-state index is -3.27. The van der Waals surface area contributed by atoms with Gasteiger partial charge in [-0.15, -0.1) is 0 Å². The van der Waals surface area contributed by atoms with Crippen molar-refractivity contribution in [2.75, 3.05) is 22.9 Å². The smallest absolute Gasteiger partial charge is 0.282 e. The van der Waals surface area contributed by atoms with E-state index in [-0.39, 0.29) is 5.56 Å². The molecule has 0 atom stereocenters. The van der Waals surface area contributed by atoms with Crippen LogP contribution in [0.15, 0.2) is 39.7 Å². The van der Waals surface area contributed by atoms with Gasteiger partial charge in [0.25, 0.3) is 5.56 Å². The molecule has 1 heterocycles. The second-order valence-electron chi connectivity index (χ2n) is 5.05. The molecule has 0 aliphatic carbocycles. The number of aryl methyl sites for hydroxylation is 1. The Bertz CT molecular complexity index is 863. The molecule has 1 aromatic carbocycles. The van der Waals surface area contributed by atoms with Crippen LogP contribution in [0.1, 0.15) is 5.56 Å². The van der Waals surface area contributed by atoms with Crippen LogP contribution in [0.4, 0.5) is 11.4 Å². The van der Waals surface area contributed by atoms with Gasteiger partial charge in [-0.25, -0.2) is 13.1 Å². The maximum Gasteiger partial charge on any atom is 0.282 e. The molecule has 23 heavy (non-hydrogen) atoms. The van der Waals surface area contributed by atoms with Crippen molar-refractivity contribution in [2.45, 2.75) is 6.54 Å². The highest BCUT2D eigenvalue weighted by Gasteiger charge is 2.11. The topological polar surface area (TPSA) is 84.3 Å². The Morgan fingerprint density at radius 2 is 1.91 bits per heavy atom. The summed E-state index contributed by atoms with van der Waals surface area (Å²) in [6.45, 7) is 0.482. The fraction of sp³-hybridized carbons (Fsp3) is 0.286. The Morgan fingerprint density at radius 1 is 1.30 bits per heavy atom. The number of anilines is 2. The molecule has 0 spiro atoms. The summed E-state index contributed by atoms with van der Waals surface area (Å²) in [5.41, 5.74) is 1.92. The van der Waals surface area contributed by atoms with E-state index >= 15 is 0 Å². The van der Waals surface area contributed by atoms with Gasteiger partial charge >= 0.3 is 0 Å². The van der Waals surface area contributed by atoms with E-state index in [2.05, 4.69) is 26.3 Å². The summed E-state index contributed by atoms with van der Waals surface area (Å²) in [6, 6.07) is 7.11. The van der Waals surface area contributed by atoms with Crippen LogP contribution < -0.4 is 15.2 Å². The van der Waals surface area contributed by atoms with Crippen LogP contribution in [0.2, 0.25) is 0 Å². The fourth-order valence-electron chi connectivity index (χ4n) is 1.85. The molecule has 2 rings (SSSR count). The minimum Gasteiger partial charge on any atom is -0.379 e. The van der Waals surface area contributed by atoms with Gasteiger partial charge in [0.05, 0.1) is 23.8 Å². The van der Waals surface area contributed by atoms with E-state index in [1.54, 1.807) is 25.4 Å². The van der Waals surface area contributed by atoms with Gasteiger partial charge in [0.2, 0.25) is 10.0 Å². The van der Waals surface area contributed by atoms with E-state index < -0.39 is 10.0 Å². The molecular formula is C14H17BrN4O3S. The quantitative estimate of drug-likeness (QED) is 0.822. The average Bonchev–Trinajstić information content (AvgIpc) is 2.51. The van der Waals surface area contributed by atoms with Crippen molar-refractivity contribution in [2.24, 2.45) is 7.05 Å². The maximum absolute atomic E-state index is 11.8. The number of aromatic nitrogens is 2. The fourth-order valence-corrected chi connectivity index (χ4v) is 2.85. The molecule has 0 saturated heterocycles. The molecule has 0 aliphatic heterocycles. The Morgan fingerprint density at radius 3 is 2.48 bits per heavy atom. The zero-order chi connectivity index (χ0) is 17.2. The van der Waals surface area contributed by atoms with Gasteiger partial charge in [0.1, 0.15) is 4.47 Å². The molecule has 124 valence electrons. The summed E-state index contributed by atoms with van der Waals surface area (Å²) in [5, 5.41) is 7.08. The summed E-state index contributed by atoms with van der Waals surface area (Å²) in [6.07, 6.45) is 2.72. The summed E-state index contributed by atoms with van der Waals surface area (Å²) in [4.78, 5) is 11.8. The number of halogens is 1. The van der Waals surface area contributed by atoms with Gasteiger partial charge in [0.15, 0.2) is 0 Å². The Labute approximate surface area is 143 Å². The third kappa shape index (κ3) is 4.11. The minimum absolute atomic E-state index is 0.222. The number of nitrogens with zero attached hydrogens (tertiary/aromatic N) is 3. The highest BCUT2D eigenvalue weighted by atomic mass is 79.9. The predicted octanol–water partition coefficient (Wildman–Crippen LogP) is 1.55. The van der Waals surface area contributed by atoms with Crippen molar-refractivity contribution in [3.05, 3.63) is 50.9 Å². The first kappa shape index (κ1) is 17.5. The van der Waals surface area contributed by atoms with E-state index in [0.29, 0.717) is 22.4 Å². The summed E-state index contributed by atoms with van der Waals surface area (Å²) >= 11 is 3.25. The monoisotopic (exact) mass is 400 g/mol. The van der Waals surface area contributed by atoms with Gasteiger partial charge in [-0.2, -0.15) is 5.10 Å². The van der Waals surface area contributed by atoms with Crippen LogP contribution in [-0.2, 0) is 23.6 Å². The van der Waals surface area contributed by atoms with Gasteiger partial charge in [-0.05, 0) is 33.6 Å². The Hall–Kier alpha value is -1.87. The second kappa shape index (κ2) is 6.71. The second-order valence-corrected chi connectivity index (χ2v) is 7.86. The average molecular weight is 401 g/mol. The lowest BCUT2D eigenvalue weighted by Crippen LogP contribution is -2.24. The zero-order valence-electron chi connectivity index (χ0n) is 12.9. The highest BCUT2D eigenvalue weighted by Crippen LogP contribution is 2.19. The lowest BCUT2D eigenvalue weighted by atomic mass is 10.2. The Kier molecular flexibility index (Phi) is 5.10. The molecule has 0 amide bonds. The SMILES string of the molecule is CN(c1ccc(CNc2cnn(C)c(=O)c2Br)cc1)S(C)(=O)=O. The van der Waals surface area contributed by atoms with Crippen molar-refractivity contribution in [1.29, 1.82) is 0 Å². The number of benzene rings is 1. The molecule has 0 aliphatic rings. The van der Waals surface area contributed by atoms with Crippen LogP contribution in [0.5, 0.6) is 0 Å². The number of hydrogen-bond donors (Lipinski definition) is 1. The number of rotatable bonds is 5. The summed E-state index contributed by atoms with van der Waals surface area (Å²) < 4.78 is 25.9. The molecule has 0 saturated carbocycles. The maximum atomic E-state index is 11.8. The van der Waals surface area contributed by atoms with Gasteiger partial charge in [0, 0.05) is 20.6 Å². The zero-order valence-corrected chi connectivity index (χ0v) is 15.3. The van der Waals surface area contributed by atoms with Gasteiger partial charge < -0.3 is 5.32 Å². The number of hydrogen-bond acceptors (Lipinski definition) is 5. The first-order chi connectivity index (χ1) is 10.7. The molecule has 0 bridgehead atoms. The standard InChI is InChI=1S/C14H17BrN4O3S/c1-18-14(20)13(15)12(9-17-18)16-8-10-4-6-11(7-5-10)19(2)23(3,21)22/h4-7,9,16H,8H2,1-3H3. The first-order valence-electron chi connectivity index (χ1n) is 6.68. The predicted molar refractivity (Wildman–Crippen MR) is 94.2 cm³/mol. The molecule has 0 fully saturated rings. The lowest BCUT2D eigenvalue weighted by Gasteiger charge is -2.17. The molecule has 2 aromatic rings. The van der Waals surface area contributed by atoms with Crippen LogP contribution >= 0.6 is 15.9 Å². The molecule has 7 nitrogen and oxygen atoms in total. The third-order valence-electron chi connectivity index (χ3n) is 3.36. The van der Waals surface area contributed by atoms with Gasteiger partial charge in [-0.3, -0.25) is 9.10 Å². The van der Waals surface area contributed by atoms with Crippen LogP contribution in [-0.4, -0.2) is 31.5 Å². The van der Waals surface area contributed by atoms with E-state index in [4.69, 9.17) is 0 Å². The van der Waals surface area contributed by atoms with Crippen molar-refractivity contribution >= 4 is 37.3 Å². The van der Waals surface area contributed by atoms with Crippen molar-refractivity contribution in [1.82, 2.24) is 9.78 Å². The molecular weight excluding hydrogens is 384 g/mol. The molecule has 0 radical (unpaired) electrons. The van der Waals surface area contributed by atoms with Crippen LogP contribution in [0, 0.1) is 0 Å². The Balaban J connectivity index is 2.11. The highest BCUT2D eigenvalue weighted by molar-refractivity contribution is 9.10. The third-order valence-corrected chi connectivity index (χ3v) is 5.33.